The van der Waals surface area contributed by atoms with Crippen molar-refractivity contribution in [3.8, 4) is 0 Å². The van der Waals surface area contributed by atoms with Crippen molar-refractivity contribution in [1.29, 1.82) is 0 Å². The van der Waals surface area contributed by atoms with E-state index in [1.165, 1.54) is 41.2 Å². The third-order valence-electron chi connectivity index (χ3n) is 4.44. The molecule has 0 bridgehead atoms. The number of carbonyl (C=O) groups excluding carboxylic acids is 1. The van der Waals surface area contributed by atoms with Crippen LogP contribution in [-0.4, -0.2) is 29.8 Å². The quantitative estimate of drug-likeness (QED) is 0.417. The summed E-state index contributed by atoms with van der Waals surface area (Å²) in [5.41, 5.74) is 5.30. The molecule has 7 nitrogen and oxygen atoms in total. The van der Waals surface area contributed by atoms with Gasteiger partial charge in [0.1, 0.15) is 6.29 Å². The summed E-state index contributed by atoms with van der Waals surface area (Å²) >= 11 is 0. The molecule has 2 aromatic carbocycles. The molecule has 0 saturated heterocycles. The molecule has 1 N–H and O–H groups in total. The Hall–Kier alpha value is -3.74. The van der Waals surface area contributed by atoms with Crippen molar-refractivity contribution in [2.45, 2.75) is 6.42 Å². The molecule has 1 aliphatic rings. The van der Waals surface area contributed by atoms with Crippen LogP contribution in [0.1, 0.15) is 15.9 Å². The minimum absolute atomic E-state index is 0.0606. The summed E-state index contributed by atoms with van der Waals surface area (Å²) < 4.78 is 0. The SMILES string of the molecule is CN1CCc2c(Nc3ccncc3)cccc21.O=Cc1cccc([N+](=O)[O-])c1. The molecule has 1 aromatic heterocycles. The molecule has 28 heavy (non-hydrogen) atoms. The van der Waals surface area contributed by atoms with Gasteiger partial charge in [0.05, 0.1) is 4.92 Å². The number of aldehydes is 1. The number of likely N-dealkylation sites (N-methyl/N-ethyl adjacent to an activating group) is 1. The van der Waals surface area contributed by atoms with Crippen LogP contribution in [0, 0.1) is 10.1 Å². The van der Waals surface area contributed by atoms with Gasteiger partial charge in [0, 0.05) is 66.3 Å². The Morgan fingerprint density at radius 2 is 1.89 bits per heavy atom. The summed E-state index contributed by atoms with van der Waals surface area (Å²) in [4.78, 5) is 26.1. The molecular weight excluding hydrogens is 356 g/mol. The van der Waals surface area contributed by atoms with Crippen molar-refractivity contribution in [3.05, 3.63) is 88.2 Å². The molecule has 0 amide bonds. The van der Waals surface area contributed by atoms with E-state index in [4.69, 9.17) is 0 Å². The Morgan fingerprint density at radius 3 is 2.61 bits per heavy atom. The molecule has 142 valence electrons. The van der Waals surface area contributed by atoms with Gasteiger partial charge >= 0.3 is 0 Å². The molecule has 4 rings (SSSR count). The van der Waals surface area contributed by atoms with Gasteiger partial charge in [-0.3, -0.25) is 19.9 Å². The van der Waals surface area contributed by atoms with Gasteiger partial charge < -0.3 is 10.2 Å². The summed E-state index contributed by atoms with van der Waals surface area (Å²) in [5, 5.41) is 13.6. The summed E-state index contributed by atoms with van der Waals surface area (Å²) in [5.74, 6) is 0. The molecule has 0 spiro atoms. The van der Waals surface area contributed by atoms with Gasteiger partial charge in [0.2, 0.25) is 0 Å². The molecule has 0 fully saturated rings. The number of benzene rings is 2. The zero-order chi connectivity index (χ0) is 19.9. The van der Waals surface area contributed by atoms with E-state index in [1.807, 2.05) is 12.1 Å². The zero-order valence-corrected chi connectivity index (χ0v) is 15.4. The number of aromatic nitrogens is 1. The number of rotatable bonds is 4. The topological polar surface area (TPSA) is 88.4 Å². The third-order valence-corrected chi connectivity index (χ3v) is 4.44. The summed E-state index contributed by atoms with van der Waals surface area (Å²) in [6, 6.07) is 15.9. The number of fused-ring (bicyclic) bond motifs is 1. The lowest BCUT2D eigenvalue weighted by Crippen LogP contribution is -2.12. The Balaban J connectivity index is 0.000000178. The minimum Gasteiger partial charge on any atom is -0.374 e. The Bertz CT molecular complexity index is 976. The van der Waals surface area contributed by atoms with Crippen LogP contribution >= 0.6 is 0 Å². The smallest absolute Gasteiger partial charge is 0.270 e. The van der Waals surface area contributed by atoms with Gasteiger partial charge in [0.25, 0.3) is 5.69 Å². The lowest BCUT2D eigenvalue weighted by atomic mass is 10.1. The predicted octanol–water partition coefficient (Wildman–Crippen LogP) is 4.22. The number of hydrogen-bond donors (Lipinski definition) is 1. The highest BCUT2D eigenvalue weighted by Gasteiger charge is 2.18. The highest BCUT2D eigenvalue weighted by molar-refractivity contribution is 5.76. The second kappa shape index (κ2) is 8.77. The van der Waals surface area contributed by atoms with Crippen LogP contribution in [0.4, 0.5) is 22.7 Å². The second-order valence-corrected chi connectivity index (χ2v) is 6.31. The number of nitrogens with one attached hydrogen (secondary N) is 1. The summed E-state index contributed by atoms with van der Waals surface area (Å²) in [7, 11) is 2.14. The fourth-order valence-electron chi connectivity index (χ4n) is 3.01. The number of hydrogen-bond acceptors (Lipinski definition) is 6. The van der Waals surface area contributed by atoms with E-state index in [-0.39, 0.29) is 5.69 Å². The van der Waals surface area contributed by atoms with Gasteiger partial charge in [-0.25, -0.2) is 0 Å². The van der Waals surface area contributed by atoms with E-state index in [1.54, 1.807) is 12.4 Å². The van der Waals surface area contributed by atoms with Crippen LogP contribution in [0.25, 0.3) is 0 Å². The number of nitrogens with zero attached hydrogens (tertiary/aromatic N) is 3. The van der Waals surface area contributed by atoms with E-state index in [9.17, 15) is 14.9 Å². The van der Waals surface area contributed by atoms with Crippen LogP contribution in [-0.2, 0) is 6.42 Å². The van der Waals surface area contributed by atoms with Crippen LogP contribution < -0.4 is 10.2 Å². The normalized spacial score (nSPS) is 11.8. The van der Waals surface area contributed by atoms with E-state index >= 15 is 0 Å². The Morgan fingerprint density at radius 1 is 1.14 bits per heavy atom. The van der Waals surface area contributed by atoms with Crippen molar-refractivity contribution >= 4 is 29.0 Å². The van der Waals surface area contributed by atoms with E-state index in [0.717, 1.165) is 18.7 Å². The van der Waals surface area contributed by atoms with Crippen molar-refractivity contribution in [2.75, 3.05) is 23.8 Å². The molecule has 0 atom stereocenters. The van der Waals surface area contributed by atoms with Gasteiger partial charge in [-0.15, -0.1) is 0 Å². The number of nitro benzene ring substituents is 1. The largest absolute Gasteiger partial charge is 0.374 e. The lowest BCUT2D eigenvalue weighted by molar-refractivity contribution is -0.384. The highest BCUT2D eigenvalue weighted by Crippen LogP contribution is 2.33. The van der Waals surface area contributed by atoms with Crippen molar-refractivity contribution in [3.63, 3.8) is 0 Å². The minimum atomic E-state index is -0.535. The average molecular weight is 376 g/mol. The molecule has 2 heterocycles. The number of carbonyl (C=O) groups is 1. The van der Waals surface area contributed by atoms with Crippen LogP contribution in [0.2, 0.25) is 0 Å². The number of nitro groups is 1. The Kier molecular flexibility index (Phi) is 5.96. The van der Waals surface area contributed by atoms with Crippen LogP contribution in [0.5, 0.6) is 0 Å². The fourth-order valence-corrected chi connectivity index (χ4v) is 3.01. The number of pyridine rings is 1. The molecule has 7 heteroatoms. The Labute approximate surface area is 162 Å². The predicted molar refractivity (Wildman–Crippen MR) is 109 cm³/mol. The van der Waals surface area contributed by atoms with Crippen LogP contribution in [0.3, 0.4) is 0 Å². The van der Waals surface area contributed by atoms with Crippen LogP contribution in [0.15, 0.2) is 67.0 Å². The van der Waals surface area contributed by atoms with E-state index < -0.39 is 4.92 Å². The summed E-state index contributed by atoms with van der Waals surface area (Å²) in [6.45, 7) is 1.10. The molecule has 1 aliphatic heterocycles. The maximum absolute atomic E-state index is 10.2. The maximum Gasteiger partial charge on any atom is 0.270 e. The zero-order valence-electron chi connectivity index (χ0n) is 15.4. The van der Waals surface area contributed by atoms with Gasteiger partial charge in [-0.1, -0.05) is 18.2 Å². The summed E-state index contributed by atoms with van der Waals surface area (Å²) in [6.07, 6.45) is 5.29. The standard InChI is InChI=1S/C14H15N3.C7H5NO3/c1-17-10-7-12-13(3-2-4-14(12)17)16-11-5-8-15-9-6-11;9-5-6-2-1-3-7(4-6)8(10)11/h2-6,8-9H,7,10H2,1H3,(H,15,16);1-5H. The monoisotopic (exact) mass is 376 g/mol. The van der Waals surface area contributed by atoms with E-state index in [0.29, 0.717) is 11.8 Å². The first-order chi connectivity index (χ1) is 13.6. The molecule has 0 saturated carbocycles. The first-order valence-electron chi connectivity index (χ1n) is 8.78. The fraction of sp³-hybridized carbons (Fsp3) is 0.143. The first kappa shape index (κ1) is 19.0. The maximum atomic E-state index is 10.2. The third kappa shape index (κ3) is 4.50. The number of non-ortho nitro benzene ring substituents is 1. The lowest BCUT2D eigenvalue weighted by Gasteiger charge is -2.14. The highest BCUT2D eigenvalue weighted by atomic mass is 16.6. The molecular formula is C21H20N4O3. The molecule has 0 unspecified atom stereocenters. The van der Waals surface area contributed by atoms with Crippen molar-refractivity contribution < 1.29 is 9.72 Å². The van der Waals surface area contributed by atoms with Crippen molar-refractivity contribution in [2.24, 2.45) is 0 Å². The number of anilines is 3. The average Bonchev–Trinajstić information content (AvgIpc) is 3.11. The van der Waals surface area contributed by atoms with Gasteiger partial charge in [0.15, 0.2) is 0 Å². The second-order valence-electron chi connectivity index (χ2n) is 6.31. The van der Waals surface area contributed by atoms with Crippen molar-refractivity contribution in [1.82, 2.24) is 4.98 Å². The first-order valence-corrected chi connectivity index (χ1v) is 8.78. The molecule has 0 radical (unpaired) electrons. The van der Waals surface area contributed by atoms with Gasteiger partial charge in [-0.2, -0.15) is 0 Å². The molecule has 0 aliphatic carbocycles. The molecule has 3 aromatic rings. The van der Waals surface area contributed by atoms with Gasteiger partial charge in [-0.05, 0) is 30.7 Å². The van der Waals surface area contributed by atoms with E-state index in [2.05, 4.69) is 40.4 Å².